The van der Waals surface area contributed by atoms with Crippen LogP contribution >= 0.6 is 0 Å². The Morgan fingerprint density at radius 3 is 2.38 bits per heavy atom. The standard InChI is InChI=1S/C19H21N3O4/c1-11-12(2)21-14(10-20-11)9-17(22-25)15-7-5-6-8-16(15)18(19(23)24)13(3)26-4/h5-8,10,25H,9H2,1-4H3,(H,23,24)/b18-13+,22-17?. The van der Waals surface area contributed by atoms with Crippen LogP contribution in [0.15, 0.2) is 41.4 Å². The number of benzene rings is 1. The molecule has 0 unspecified atom stereocenters. The fourth-order valence-corrected chi connectivity index (χ4v) is 2.54. The average molecular weight is 355 g/mol. The van der Waals surface area contributed by atoms with Gasteiger partial charge in [-0.05, 0) is 20.8 Å². The Morgan fingerprint density at radius 1 is 1.19 bits per heavy atom. The van der Waals surface area contributed by atoms with Gasteiger partial charge in [0.2, 0.25) is 0 Å². The first kappa shape index (κ1) is 19.1. The molecule has 7 nitrogen and oxygen atoms in total. The van der Waals surface area contributed by atoms with Crippen LogP contribution < -0.4 is 0 Å². The van der Waals surface area contributed by atoms with Crippen LogP contribution in [-0.2, 0) is 16.0 Å². The molecule has 26 heavy (non-hydrogen) atoms. The summed E-state index contributed by atoms with van der Waals surface area (Å²) in [5.74, 6) is -0.867. The first-order valence-corrected chi connectivity index (χ1v) is 7.97. The summed E-state index contributed by atoms with van der Waals surface area (Å²) in [5, 5.41) is 22.5. The number of ether oxygens (including phenoxy) is 1. The van der Waals surface area contributed by atoms with E-state index >= 15 is 0 Å². The third-order valence-corrected chi connectivity index (χ3v) is 4.09. The van der Waals surface area contributed by atoms with Gasteiger partial charge in [-0.3, -0.25) is 9.97 Å². The number of hydrogen-bond donors (Lipinski definition) is 2. The highest BCUT2D eigenvalue weighted by molar-refractivity contribution is 6.19. The Labute approximate surface area is 151 Å². The molecule has 0 aliphatic rings. The molecule has 0 saturated heterocycles. The third kappa shape index (κ3) is 4.05. The average Bonchev–Trinajstić information content (AvgIpc) is 2.63. The number of carboxylic acid groups (broad SMARTS) is 1. The Morgan fingerprint density at radius 2 is 1.85 bits per heavy atom. The highest BCUT2D eigenvalue weighted by Crippen LogP contribution is 2.25. The molecule has 0 fully saturated rings. The fraction of sp³-hybridized carbons (Fsp3) is 0.263. The van der Waals surface area contributed by atoms with Crippen molar-refractivity contribution in [3.05, 3.63) is 64.4 Å². The Kier molecular flexibility index (Phi) is 6.06. The van der Waals surface area contributed by atoms with Crippen molar-refractivity contribution in [2.45, 2.75) is 27.2 Å². The molecule has 2 N–H and O–H groups in total. The number of aliphatic carboxylic acids is 1. The highest BCUT2D eigenvalue weighted by atomic mass is 16.5. The molecule has 0 spiro atoms. The molecule has 1 aromatic carbocycles. The number of rotatable bonds is 6. The zero-order valence-electron chi connectivity index (χ0n) is 15.1. The molecule has 0 amide bonds. The van der Waals surface area contributed by atoms with Crippen molar-refractivity contribution in [1.82, 2.24) is 9.97 Å². The van der Waals surface area contributed by atoms with E-state index in [0.717, 1.165) is 11.4 Å². The van der Waals surface area contributed by atoms with Crippen molar-refractivity contribution < 1.29 is 19.8 Å². The van der Waals surface area contributed by atoms with Crippen LogP contribution in [0.4, 0.5) is 0 Å². The normalized spacial score (nSPS) is 12.5. The van der Waals surface area contributed by atoms with E-state index < -0.39 is 5.97 Å². The molecule has 0 radical (unpaired) electrons. The van der Waals surface area contributed by atoms with Crippen LogP contribution in [0.2, 0.25) is 0 Å². The van der Waals surface area contributed by atoms with E-state index in [1.54, 1.807) is 37.4 Å². The fourth-order valence-electron chi connectivity index (χ4n) is 2.54. The summed E-state index contributed by atoms with van der Waals surface area (Å²) < 4.78 is 5.12. The second-order valence-corrected chi connectivity index (χ2v) is 5.74. The summed E-state index contributed by atoms with van der Waals surface area (Å²) in [6.07, 6.45) is 1.82. The first-order chi connectivity index (χ1) is 12.4. The van der Waals surface area contributed by atoms with Crippen LogP contribution in [0.1, 0.15) is 35.1 Å². The SMILES string of the molecule is CO/C(C)=C(/C(=O)O)c1ccccc1C(Cc1cnc(C)c(C)n1)=NO. The molecule has 0 aliphatic heterocycles. The van der Waals surface area contributed by atoms with Crippen molar-refractivity contribution in [3.63, 3.8) is 0 Å². The monoisotopic (exact) mass is 355 g/mol. The van der Waals surface area contributed by atoms with Gasteiger partial charge < -0.3 is 15.1 Å². The number of aryl methyl sites for hydroxylation is 2. The maximum atomic E-state index is 11.7. The second kappa shape index (κ2) is 8.24. The van der Waals surface area contributed by atoms with Gasteiger partial charge in [0.15, 0.2) is 0 Å². The molecule has 0 atom stereocenters. The van der Waals surface area contributed by atoms with Crippen LogP contribution in [-0.4, -0.2) is 39.1 Å². The maximum absolute atomic E-state index is 11.7. The van der Waals surface area contributed by atoms with Crippen molar-refractivity contribution >= 4 is 17.3 Å². The minimum absolute atomic E-state index is 0.00965. The van der Waals surface area contributed by atoms with Crippen molar-refractivity contribution in [3.8, 4) is 0 Å². The van der Waals surface area contributed by atoms with E-state index in [4.69, 9.17) is 4.74 Å². The predicted octanol–water partition coefficient (Wildman–Crippen LogP) is 2.98. The van der Waals surface area contributed by atoms with Gasteiger partial charge >= 0.3 is 5.97 Å². The summed E-state index contributed by atoms with van der Waals surface area (Å²) in [4.78, 5) is 20.4. The van der Waals surface area contributed by atoms with Crippen molar-refractivity contribution in [1.29, 1.82) is 0 Å². The summed E-state index contributed by atoms with van der Waals surface area (Å²) in [7, 11) is 1.41. The van der Waals surface area contributed by atoms with Crippen molar-refractivity contribution in [2.24, 2.45) is 5.16 Å². The van der Waals surface area contributed by atoms with E-state index in [9.17, 15) is 15.1 Å². The smallest absolute Gasteiger partial charge is 0.339 e. The summed E-state index contributed by atoms with van der Waals surface area (Å²) in [6, 6.07) is 6.82. The molecule has 0 saturated carbocycles. The van der Waals surface area contributed by atoms with Gasteiger partial charge in [0.05, 0.1) is 29.9 Å². The van der Waals surface area contributed by atoms with Crippen LogP contribution in [0.5, 0.6) is 0 Å². The van der Waals surface area contributed by atoms with Gasteiger partial charge in [-0.15, -0.1) is 0 Å². The largest absolute Gasteiger partial charge is 0.500 e. The molecule has 2 aromatic rings. The number of methoxy groups -OCH3 is 1. The number of aromatic nitrogens is 2. The maximum Gasteiger partial charge on any atom is 0.339 e. The van der Waals surface area contributed by atoms with E-state index in [2.05, 4.69) is 15.1 Å². The molecule has 2 rings (SSSR count). The number of nitrogens with zero attached hydrogens (tertiary/aromatic N) is 3. The zero-order valence-corrected chi connectivity index (χ0v) is 15.1. The van der Waals surface area contributed by atoms with E-state index in [0.29, 0.717) is 22.5 Å². The number of hydrogen-bond acceptors (Lipinski definition) is 6. The van der Waals surface area contributed by atoms with Crippen molar-refractivity contribution in [2.75, 3.05) is 7.11 Å². The molecule has 1 heterocycles. The Balaban J connectivity index is 2.53. The zero-order chi connectivity index (χ0) is 19.3. The van der Waals surface area contributed by atoms with E-state index in [1.807, 2.05) is 13.8 Å². The molecular weight excluding hydrogens is 334 g/mol. The van der Waals surface area contributed by atoms with E-state index in [1.165, 1.54) is 7.11 Å². The van der Waals surface area contributed by atoms with E-state index in [-0.39, 0.29) is 17.8 Å². The summed E-state index contributed by atoms with van der Waals surface area (Å²) in [5.41, 5.74) is 3.43. The van der Waals surface area contributed by atoms with Crippen LogP contribution in [0, 0.1) is 13.8 Å². The van der Waals surface area contributed by atoms with Crippen LogP contribution in [0.3, 0.4) is 0 Å². The molecule has 0 aliphatic carbocycles. The molecule has 136 valence electrons. The summed E-state index contributed by atoms with van der Waals surface area (Å²) in [6.45, 7) is 5.29. The highest BCUT2D eigenvalue weighted by Gasteiger charge is 2.21. The molecule has 0 bridgehead atoms. The molecular formula is C19H21N3O4. The van der Waals surface area contributed by atoms with Gasteiger partial charge in [0, 0.05) is 23.7 Å². The first-order valence-electron chi connectivity index (χ1n) is 7.97. The predicted molar refractivity (Wildman–Crippen MR) is 97.2 cm³/mol. The lowest BCUT2D eigenvalue weighted by Crippen LogP contribution is -2.13. The van der Waals surface area contributed by atoms with Gasteiger partial charge in [0.1, 0.15) is 11.3 Å². The van der Waals surface area contributed by atoms with Gasteiger partial charge in [0.25, 0.3) is 0 Å². The third-order valence-electron chi connectivity index (χ3n) is 4.09. The van der Waals surface area contributed by atoms with Gasteiger partial charge in [-0.1, -0.05) is 29.4 Å². The Hall–Kier alpha value is -3.22. The van der Waals surface area contributed by atoms with Crippen LogP contribution in [0.25, 0.3) is 5.57 Å². The lowest BCUT2D eigenvalue weighted by molar-refractivity contribution is -0.130. The number of oxime groups is 1. The lowest BCUT2D eigenvalue weighted by Gasteiger charge is -2.14. The molecule has 7 heteroatoms. The second-order valence-electron chi connectivity index (χ2n) is 5.74. The molecule has 1 aromatic heterocycles. The minimum Gasteiger partial charge on any atom is -0.500 e. The number of carbonyl (C=O) groups is 1. The van der Waals surface area contributed by atoms with Gasteiger partial charge in [-0.2, -0.15) is 0 Å². The topological polar surface area (TPSA) is 105 Å². The van der Waals surface area contributed by atoms with Gasteiger partial charge in [-0.25, -0.2) is 4.79 Å². The minimum atomic E-state index is -1.12. The number of carboxylic acids is 1. The quantitative estimate of drug-likeness (QED) is 0.271. The summed E-state index contributed by atoms with van der Waals surface area (Å²) >= 11 is 0. The Bertz CT molecular complexity index is 888. The number of allylic oxidation sites excluding steroid dienone is 1. The lowest BCUT2D eigenvalue weighted by atomic mass is 9.94.